The predicted octanol–water partition coefficient (Wildman–Crippen LogP) is 0.799. The Morgan fingerprint density at radius 2 is 1.66 bits per heavy atom. The van der Waals surface area contributed by atoms with E-state index in [1.165, 1.54) is 33.3 Å². The minimum atomic E-state index is -4.29. The van der Waals surface area contributed by atoms with Gasteiger partial charge in [-0.15, -0.1) is 0 Å². The lowest BCUT2D eigenvalue weighted by atomic mass is 9.98. The fourth-order valence-electron chi connectivity index (χ4n) is 3.13. The van der Waals surface area contributed by atoms with Gasteiger partial charge in [-0.3, -0.25) is 10.1 Å². The lowest BCUT2D eigenvalue weighted by Crippen LogP contribution is -2.27. The molecule has 0 saturated carbocycles. The van der Waals surface area contributed by atoms with Crippen LogP contribution in [-0.4, -0.2) is 69.6 Å². The van der Waals surface area contributed by atoms with E-state index in [1.54, 1.807) is 24.3 Å². The number of carbonyl (C=O) groups excluding carboxylic acids is 1. The number of hydrogen-bond acceptors (Lipinski definition) is 10. The van der Waals surface area contributed by atoms with Gasteiger partial charge in [0, 0.05) is 5.92 Å². The molecule has 0 aliphatic heterocycles. The number of carbonyl (C=O) groups is 2. The monoisotopic (exact) mass is 528 g/mol. The number of methoxy groups -OCH3 is 2. The van der Waals surface area contributed by atoms with Crippen molar-refractivity contribution >= 4 is 37.6 Å². The van der Waals surface area contributed by atoms with Crippen LogP contribution in [0.2, 0.25) is 0 Å². The molecule has 1 unspecified atom stereocenters. The third-order valence-electron chi connectivity index (χ3n) is 4.61. The fourth-order valence-corrected chi connectivity index (χ4v) is 6.50. The highest BCUT2D eigenvalue weighted by atomic mass is 32.2. The molecule has 0 bridgehead atoms. The Morgan fingerprint density at radius 1 is 1.09 bits per heavy atom. The minimum absolute atomic E-state index is 0.104. The van der Waals surface area contributed by atoms with Crippen LogP contribution in [0.1, 0.15) is 6.92 Å². The summed E-state index contributed by atoms with van der Waals surface area (Å²) in [7, 11) is -5.41. The summed E-state index contributed by atoms with van der Waals surface area (Å²) in [5.41, 5.74) is 4.56. The van der Waals surface area contributed by atoms with Gasteiger partial charge in [0.15, 0.2) is 19.7 Å². The maximum absolute atomic E-state index is 13.1. The SMILES string of the molecule is CCS(=O)(=O)C1=C(S(=O)(=O)CC(=O)Nc2nc(OC)cc(OC)n2)C2C=CC=CC2=C1.NC(=O)O. The molecular weight excluding hydrogens is 504 g/mol. The van der Waals surface area contributed by atoms with Gasteiger partial charge in [-0.25, -0.2) is 21.6 Å². The predicted molar refractivity (Wildman–Crippen MR) is 126 cm³/mol. The van der Waals surface area contributed by atoms with E-state index >= 15 is 0 Å². The Labute approximate surface area is 201 Å². The van der Waals surface area contributed by atoms with Crippen LogP contribution in [0, 0.1) is 5.92 Å². The first-order valence-electron chi connectivity index (χ1n) is 9.86. The maximum atomic E-state index is 13.1. The lowest BCUT2D eigenvalue weighted by Gasteiger charge is -2.17. The first kappa shape index (κ1) is 27.5. The van der Waals surface area contributed by atoms with Crippen molar-refractivity contribution in [1.82, 2.24) is 9.97 Å². The van der Waals surface area contributed by atoms with Crippen LogP contribution in [0.4, 0.5) is 10.7 Å². The summed E-state index contributed by atoms with van der Waals surface area (Å²) in [6, 6.07) is 1.38. The van der Waals surface area contributed by atoms with Gasteiger partial charge in [-0.05, 0) is 11.6 Å². The van der Waals surface area contributed by atoms with Crippen LogP contribution in [0.15, 0.2) is 51.8 Å². The zero-order valence-electron chi connectivity index (χ0n) is 19.0. The zero-order valence-corrected chi connectivity index (χ0v) is 20.6. The molecule has 1 aromatic heterocycles. The van der Waals surface area contributed by atoms with Crippen molar-refractivity contribution in [2.45, 2.75) is 6.92 Å². The van der Waals surface area contributed by atoms with Gasteiger partial charge < -0.3 is 20.3 Å². The Bertz CT molecular complexity index is 1320. The summed E-state index contributed by atoms with van der Waals surface area (Å²) >= 11 is 0. The number of anilines is 1. The first-order valence-corrected chi connectivity index (χ1v) is 13.2. The van der Waals surface area contributed by atoms with Crippen molar-refractivity contribution in [1.29, 1.82) is 0 Å². The third kappa shape index (κ3) is 6.89. The van der Waals surface area contributed by atoms with E-state index in [0.717, 1.165) is 0 Å². The second kappa shape index (κ2) is 11.1. The number of amides is 2. The number of primary amides is 1. The van der Waals surface area contributed by atoms with E-state index in [0.29, 0.717) is 5.57 Å². The normalized spacial score (nSPS) is 16.5. The fraction of sp³-hybridized carbons (Fsp3) is 0.300. The molecule has 190 valence electrons. The first-order chi connectivity index (χ1) is 16.3. The van der Waals surface area contributed by atoms with E-state index in [4.69, 9.17) is 19.4 Å². The summed E-state index contributed by atoms with van der Waals surface area (Å²) in [5.74, 6) is -2.94. The number of fused-ring (bicyclic) bond motifs is 1. The second-order valence-corrected chi connectivity index (χ2v) is 11.1. The van der Waals surface area contributed by atoms with Gasteiger partial charge in [0.25, 0.3) is 0 Å². The minimum Gasteiger partial charge on any atom is -0.481 e. The zero-order chi connectivity index (χ0) is 26.4. The van der Waals surface area contributed by atoms with Gasteiger partial charge in [0.2, 0.25) is 23.6 Å². The lowest BCUT2D eigenvalue weighted by molar-refractivity contribution is -0.113. The highest BCUT2D eigenvalue weighted by Crippen LogP contribution is 2.41. The van der Waals surface area contributed by atoms with Gasteiger partial charge >= 0.3 is 6.09 Å². The number of hydrogen-bond donors (Lipinski definition) is 3. The molecule has 0 aromatic carbocycles. The van der Waals surface area contributed by atoms with Crippen molar-refractivity contribution in [2.75, 3.05) is 31.0 Å². The molecule has 2 aliphatic rings. The summed E-state index contributed by atoms with van der Waals surface area (Å²) in [4.78, 5) is 28.5. The highest BCUT2D eigenvalue weighted by Gasteiger charge is 2.39. The molecule has 0 spiro atoms. The van der Waals surface area contributed by atoms with E-state index in [9.17, 15) is 21.6 Å². The second-order valence-electron chi connectivity index (χ2n) is 6.92. The molecule has 4 N–H and O–H groups in total. The number of aromatic nitrogens is 2. The number of nitrogens with one attached hydrogen (secondary N) is 1. The van der Waals surface area contributed by atoms with Crippen LogP contribution in [0.25, 0.3) is 0 Å². The third-order valence-corrected chi connectivity index (χ3v) is 8.29. The molecular formula is C20H24N4O9S2. The number of allylic oxidation sites excluding steroid dienone is 7. The van der Waals surface area contributed by atoms with Crippen LogP contribution in [-0.2, 0) is 24.5 Å². The highest BCUT2D eigenvalue weighted by molar-refractivity contribution is 7.99. The molecule has 1 aromatic rings. The van der Waals surface area contributed by atoms with Crippen molar-refractivity contribution in [2.24, 2.45) is 11.7 Å². The molecule has 2 amide bonds. The van der Waals surface area contributed by atoms with Crippen LogP contribution in [0.5, 0.6) is 11.8 Å². The average molecular weight is 529 g/mol. The molecule has 0 fully saturated rings. The topological polar surface area (TPSA) is 205 Å². The molecule has 0 saturated heterocycles. The molecule has 13 nitrogen and oxygen atoms in total. The molecule has 2 aliphatic carbocycles. The van der Waals surface area contributed by atoms with Crippen molar-refractivity contribution in [3.63, 3.8) is 0 Å². The average Bonchev–Trinajstić information content (AvgIpc) is 3.19. The Hall–Kier alpha value is -3.72. The van der Waals surface area contributed by atoms with Crippen LogP contribution >= 0.6 is 0 Å². The standard InChI is InChI=1S/C19H21N3O7S2.CH3NO2/c1-4-30(24,25)14-9-12-7-5-6-8-13(12)18(14)31(26,27)11-15(23)20-19-21-16(28-2)10-17(22-19)29-3;2-1(3)4/h5-10,13H,4,11H2,1-3H3,(H,20,21,22,23);2H2,(H,3,4). The van der Waals surface area contributed by atoms with E-state index in [1.807, 2.05) is 0 Å². The molecule has 0 radical (unpaired) electrons. The molecule has 1 heterocycles. The Morgan fingerprint density at radius 3 is 2.17 bits per heavy atom. The van der Waals surface area contributed by atoms with Gasteiger partial charge in [0.05, 0.1) is 35.8 Å². The smallest absolute Gasteiger partial charge is 0.402 e. The van der Waals surface area contributed by atoms with Crippen molar-refractivity contribution < 1.29 is 41.0 Å². The largest absolute Gasteiger partial charge is 0.481 e. The summed E-state index contributed by atoms with van der Waals surface area (Å²) in [6.45, 7) is 1.43. The molecule has 1 atom stereocenters. The number of nitrogens with zero attached hydrogens (tertiary/aromatic N) is 2. The van der Waals surface area contributed by atoms with E-state index < -0.39 is 43.3 Å². The molecule has 15 heteroatoms. The van der Waals surface area contributed by atoms with Gasteiger partial charge in [0.1, 0.15) is 5.75 Å². The van der Waals surface area contributed by atoms with Gasteiger partial charge in [-0.1, -0.05) is 31.2 Å². The van der Waals surface area contributed by atoms with Crippen molar-refractivity contribution in [3.05, 3.63) is 51.8 Å². The molecule has 3 rings (SSSR count). The Kier molecular flexibility index (Phi) is 8.76. The number of rotatable bonds is 8. The molecule has 35 heavy (non-hydrogen) atoms. The van der Waals surface area contributed by atoms with E-state index in [2.05, 4.69) is 21.0 Å². The Balaban J connectivity index is 0.00000100. The maximum Gasteiger partial charge on any atom is 0.402 e. The van der Waals surface area contributed by atoms with Crippen LogP contribution < -0.4 is 20.5 Å². The quantitative estimate of drug-likeness (QED) is 0.430. The number of sulfone groups is 2. The number of ether oxygens (including phenoxy) is 2. The number of carboxylic acid groups (broad SMARTS) is 1. The van der Waals surface area contributed by atoms with E-state index in [-0.39, 0.29) is 33.3 Å². The van der Waals surface area contributed by atoms with Crippen LogP contribution in [0.3, 0.4) is 0 Å². The van der Waals surface area contributed by atoms with Crippen molar-refractivity contribution in [3.8, 4) is 11.8 Å². The number of nitrogens with two attached hydrogens (primary N) is 1. The van der Waals surface area contributed by atoms with Gasteiger partial charge in [-0.2, -0.15) is 9.97 Å². The summed E-state index contributed by atoms with van der Waals surface area (Å²) < 4.78 is 61.4. The summed E-state index contributed by atoms with van der Waals surface area (Å²) in [5, 5.41) is 9.48. The summed E-state index contributed by atoms with van der Waals surface area (Å²) in [6.07, 6.45) is 6.58.